The molecule has 0 aromatic heterocycles. The van der Waals surface area contributed by atoms with Gasteiger partial charge in [0.2, 0.25) is 0 Å². The van der Waals surface area contributed by atoms with Gasteiger partial charge in [-0.1, -0.05) is 156 Å². The fourth-order valence-electron chi connectivity index (χ4n) is 6.80. The first-order valence-electron chi connectivity index (χ1n) is 24.6. The Morgan fingerprint density at radius 1 is 0.508 bits per heavy atom. The summed E-state index contributed by atoms with van der Waals surface area (Å²) in [6.45, 7) is 4.02. The molecule has 13 heteroatoms. The van der Waals surface area contributed by atoms with Gasteiger partial charge >= 0.3 is 13.8 Å². The SMILES string of the molecule is CC/C=C\C/C=C\C/C=C\C/C=C\C/C=C\C/C=C\CCCCCOCC(COP(=O)(O)OC1C(O)C(O)C(O)C(O)C1O)OC(=O)CCCCCCC/C=C\C/C=C\CCCCCC. The van der Waals surface area contributed by atoms with Crippen LogP contribution in [0.1, 0.15) is 162 Å². The number of phosphoric acid groups is 1. The van der Waals surface area contributed by atoms with Gasteiger partial charge in [0.25, 0.3) is 0 Å². The van der Waals surface area contributed by atoms with Gasteiger partial charge in [-0.05, 0) is 96.3 Å². The smallest absolute Gasteiger partial charge is 0.457 e. The second-order valence-electron chi connectivity index (χ2n) is 16.6. The number of aliphatic hydroxyl groups excluding tert-OH is 5. The zero-order valence-corrected chi connectivity index (χ0v) is 40.6. The highest BCUT2D eigenvalue weighted by Crippen LogP contribution is 2.47. The van der Waals surface area contributed by atoms with E-state index < -0.39 is 63.1 Å². The number of esters is 1. The number of phosphoric ester groups is 1. The average molecular weight is 935 g/mol. The lowest BCUT2D eigenvalue weighted by Gasteiger charge is -2.41. The Labute approximate surface area is 392 Å². The molecule has 1 rings (SSSR count). The number of hydrogen-bond donors (Lipinski definition) is 6. The van der Waals surface area contributed by atoms with Crippen molar-refractivity contribution in [2.24, 2.45) is 0 Å². The zero-order chi connectivity index (χ0) is 47.6. The molecule has 0 bridgehead atoms. The van der Waals surface area contributed by atoms with Crippen molar-refractivity contribution >= 4 is 13.8 Å². The zero-order valence-electron chi connectivity index (χ0n) is 39.7. The van der Waals surface area contributed by atoms with Gasteiger partial charge in [0, 0.05) is 13.0 Å². The molecule has 0 aromatic carbocycles. The van der Waals surface area contributed by atoms with E-state index in [9.17, 15) is 39.8 Å². The van der Waals surface area contributed by atoms with Crippen LogP contribution in [0.3, 0.4) is 0 Å². The number of hydrogen-bond acceptors (Lipinski definition) is 11. The summed E-state index contributed by atoms with van der Waals surface area (Å²) in [6.07, 6.45) is 44.7. The van der Waals surface area contributed by atoms with E-state index >= 15 is 0 Å². The number of aliphatic hydroxyl groups is 5. The minimum atomic E-state index is -5.04. The highest BCUT2D eigenvalue weighted by Gasteiger charge is 2.51. The predicted octanol–water partition coefficient (Wildman–Crippen LogP) is 10.7. The van der Waals surface area contributed by atoms with Crippen molar-refractivity contribution in [2.45, 2.75) is 204 Å². The van der Waals surface area contributed by atoms with Crippen LogP contribution in [0.15, 0.2) is 97.2 Å². The highest BCUT2D eigenvalue weighted by atomic mass is 31.2. The molecule has 65 heavy (non-hydrogen) atoms. The van der Waals surface area contributed by atoms with Crippen molar-refractivity contribution in [3.63, 3.8) is 0 Å². The Morgan fingerprint density at radius 2 is 0.908 bits per heavy atom. The number of unbranched alkanes of at least 4 members (excludes halogenated alkanes) is 12. The van der Waals surface area contributed by atoms with Gasteiger partial charge < -0.3 is 39.9 Å². The monoisotopic (exact) mass is 935 g/mol. The van der Waals surface area contributed by atoms with Crippen LogP contribution in [0, 0.1) is 0 Å². The summed E-state index contributed by atoms with van der Waals surface area (Å²) in [5, 5.41) is 50.3. The molecule has 1 fully saturated rings. The largest absolute Gasteiger partial charge is 0.472 e. The van der Waals surface area contributed by atoms with Crippen molar-refractivity contribution < 1.29 is 58.3 Å². The summed E-state index contributed by atoms with van der Waals surface area (Å²) in [7, 11) is -5.04. The van der Waals surface area contributed by atoms with E-state index in [2.05, 4.69) is 111 Å². The summed E-state index contributed by atoms with van der Waals surface area (Å²) in [4.78, 5) is 23.2. The van der Waals surface area contributed by atoms with Crippen LogP contribution in [0.4, 0.5) is 0 Å². The lowest BCUT2D eigenvalue weighted by molar-refractivity contribution is -0.220. The van der Waals surface area contributed by atoms with E-state index in [4.69, 9.17) is 18.5 Å². The Bertz CT molecular complexity index is 1440. The molecule has 6 atom stereocenters. The van der Waals surface area contributed by atoms with E-state index in [0.29, 0.717) is 13.0 Å². The normalized spacial score (nSPS) is 22.4. The molecule has 1 saturated carbocycles. The highest BCUT2D eigenvalue weighted by molar-refractivity contribution is 7.47. The van der Waals surface area contributed by atoms with Crippen molar-refractivity contribution in [2.75, 3.05) is 19.8 Å². The number of allylic oxidation sites excluding steroid dienone is 16. The molecule has 372 valence electrons. The number of rotatable bonds is 40. The van der Waals surface area contributed by atoms with E-state index in [0.717, 1.165) is 109 Å². The second kappa shape index (κ2) is 41.4. The third-order valence-corrected chi connectivity index (χ3v) is 11.7. The minimum absolute atomic E-state index is 0.112. The molecule has 0 aliphatic heterocycles. The van der Waals surface area contributed by atoms with Crippen molar-refractivity contribution in [3.8, 4) is 0 Å². The molecular weight excluding hydrogens is 848 g/mol. The second-order valence-corrected chi connectivity index (χ2v) is 18.0. The molecule has 1 aliphatic rings. The topological polar surface area (TPSA) is 192 Å². The maximum atomic E-state index is 12.8. The van der Waals surface area contributed by atoms with Crippen LogP contribution >= 0.6 is 7.82 Å². The standard InChI is InChI=1S/C52H87O12P/c1-3-5-7-9-11-13-15-17-19-21-22-23-24-25-26-28-30-32-34-36-38-40-42-61-43-45(44-62-65(59,60)64-52-50(57)48(55)47(54)49(56)51(52)58)63-46(53)41-39-37-35-33-31-29-27-20-18-16-14-12-10-8-6-4-2/h5,7,11,13-14,16-17,19-20,22-23,25-27,30,32,45,47-52,54-58H,3-4,6,8-10,12,15,18,21,24,28-29,31,33-44H2,1-2H3,(H,59,60)/b7-5-,13-11-,16-14-,19-17-,23-22-,26-25-,27-20-,32-30-. The van der Waals surface area contributed by atoms with E-state index in [1.54, 1.807) is 0 Å². The minimum Gasteiger partial charge on any atom is -0.457 e. The Hall–Kier alpha value is -2.74. The van der Waals surface area contributed by atoms with Crippen LogP contribution < -0.4 is 0 Å². The molecule has 6 N–H and O–H groups in total. The summed E-state index contributed by atoms with van der Waals surface area (Å²) < 4.78 is 34.2. The van der Waals surface area contributed by atoms with Crippen molar-refractivity contribution in [3.05, 3.63) is 97.2 Å². The van der Waals surface area contributed by atoms with Gasteiger partial charge in [-0.15, -0.1) is 0 Å². The van der Waals surface area contributed by atoms with E-state index in [1.165, 1.54) is 25.7 Å². The number of ether oxygens (including phenoxy) is 2. The Balaban J connectivity index is 2.42. The molecule has 1 aliphatic carbocycles. The van der Waals surface area contributed by atoms with Crippen LogP contribution in [-0.4, -0.2) is 98.9 Å². The average Bonchev–Trinajstić information content (AvgIpc) is 3.29. The van der Waals surface area contributed by atoms with Gasteiger partial charge in [-0.25, -0.2) is 4.57 Å². The molecule has 0 saturated heterocycles. The van der Waals surface area contributed by atoms with Crippen LogP contribution in [0.2, 0.25) is 0 Å². The Morgan fingerprint density at radius 3 is 1.38 bits per heavy atom. The van der Waals surface area contributed by atoms with E-state index in [-0.39, 0.29) is 13.0 Å². The van der Waals surface area contributed by atoms with Gasteiger partial charge in [0.15, 0.2) is 0 Å². The summed E-state index contributed by atoms with van der Waals surface area (Å²) in [6, 6.07) is 0. The molecule has 0 radical (unpaired) electrons. The lowest BCUT2D eigenvalue weighted by Crippen LogP contribution is -2.64. The van der Waals surface area contributed by atoms with Gasteiger partial charge in [-0.2, -0.15) is 0 Å². The Kier molecular flexibility index (Phi) is 38.4. The molecule has 0 spiro atoms. The molecule has 0 aromatic rings. The van der Waals surface area contributed by atoms with Crippen LogP contribution in [0.25, 0.3) is 0 Å². The van der Waals surface area contributed by atoms with E-state index in [1.807, 2.05) is 0 Å². The van der Waals surface area contributed by atoms with Gasteiger partial charge in [-0.3, -0.25) is 13.8 Å². The maximum Gasteiger partial charge on any atom is 0.472 e. The molecule has 0 heterocycles. The fourth-order valence-corrected chi connectivity index (χ4v) is 7.77. The first kappa shape index (κ1) is 60.3. The molecular formula is C52H87O12P. The molecule has 6 unspecified atom stereocenters. The summed E-state index contributed by atoms with van der Waals surface area (Å²) >= 11 is 0. The van der Waals surface area contributed by atoms with Crippen molar-refractivity contribution in [1.82, 2.24) is 0 Å². The molecule has 0 amide bonds. The van der Waals surface area contributed by atoms with Crippen molar-refractivity contribution in [1.29, 1.82) is 0 Å². The van der Waals surface area contributed by atoms with Crippen LogP contribution in [0.5, 0.6) is 0 Å². The van der Waals surface area contributed by atoms with Crippen LogP contribution in [-0.2, 0) is 27.9 Å². The summed E-state index contributed by atoms with van der Waals surface area (Å²) in [5.41, 5.74) is 0. The molecule has 12 nitrogen and oxygen atoms in total. The first-order valence-corrected chi connectivity index (χ1v) is 26.1. The maximum absolute atomic E-state index is 12.8. The van der Waals surface area contributed by atoms with Gasteiger partial charge in [0.1, 0.15) is 42.7 Å². The summed E-state index contributed by atoms with van der Waals surface area (Å²) in [5.74, 6) is -0.507. The third-order valence-electron chi connectivity index (χ3n) is 10.7. The third kappa shape index (κ3) is 33.4. The quantitative estimate of drug-likeness (QED) is 0.0148. The van der Waals surface area contributed by atoms with Gasteiger partial charge in [0.05, 0.1) is 13.2 Å². The number of carbonyl (C=O) groups is 1. The predicted molar refractivity (Wildman–Crippen MR) is 262 cm³/mol. The fraction of sp³-hybridized carbons (Fsp3) is 0.673. The number of carbonyl (C=O) groups excluding carboxylic acids is 1. The lowest BCUT2D eigenvalue weighted by atomic mass is 9.85. The first-order chi connectivity index (χ1) is 31.5.